The van der Waals surface area contributed by atoms with Crippen molar-refractivity contribution >= 4 is 12.2 Å². The van der Waals surface area contributed by atoms with Gasteiger partial charge in [-0.15, -0.1) is 0 Å². The molecule has 0 aliphatic carbocycles. The number of aliphatic imine (C=N–C) groups is 1. The highest BCUT2D eigenvalue weighted by atomic mass is 16.5. The average molecular weight is 521 g/mol. The minimum atomic E-state index is -0.0880. The summed E-state index contributed by atoms with van der Waals surface area (Å²) in [5, 5.41) is 15.6. The molecule has 38 heavy (non-hydrogen) atoms. The number of nitrogens with one attached hydrogen (secondary N) is 2. The molecule has 3 aliphatic heterocycles. The van der Waals surface area contributed by atoms with Gasteiger partial charge in [-0.1, -0.05) is 24.3 Å². The maximum atomic E-state index is 12.4. The fraction of sp³-hybridized carbons (Fsp3) is 0.483. The number of likely N-dealkylation sites (tertiary alicyclic amines) is 1. The Bertz CT molecular complexity index is 1090. The first-order valence-electron chi connectivity index (χ1n) is 13.2. The maximum Gasteiger partial charge on any atom is 0.251 e. The van der Waals surface area contributed by atoms with Crippen molar-refractivity contribution in [1.82, 2.24) is 15.5 Å². The molecule has 1 amide bonds. The number of carbonyl (C=O) groups excluding carboxylic acids is 1. The Hall–Kier alpha value is -3.61. The van der Waals surface area contributed by atoms with Crippen molar-refractivity contribution in [2.24, 2.45) is 10.7 Å². The van der Waals surface area contributed by atoms with Gasteiger partial charge >= 0.3 is 0 Å². The Morgan fingerprint density at radius 1 is 1.37 bits per heavy atom. The van der Waals surface area contributed by atoms with Crippen LogP contribution in [0.25, 0.3) is 0 Å². The van der Waals surface area contributed by atoms with Crippen molar-refractivity contribution in [3.8, 4) is 6.07 Å². The van der Waals surface area contributed by atoms with E-state index in [4.69, 9.17) is 15.2 Å². The lowest BCUT2D eigenvalue weighted by molar-refractivity contribution is -0.121. The molecule has 9 nitrogen and oxygen atoms in total. The molecule has 0 atom stereocenters. The molecule has 3 heterocycles. The van der Waals surface area contributed by atoms with Gasteiger partial charge in [0.15, 0.2) is 0 Å². The van der Waals surface area contributed by atoms with Gasteiger partial charge in [0.2, 0.25) is 0 Å². The Labute approximate surface area is 226 Å². The van der Waals surface area contributed by atoms with E-state index in [0.29, 0.717) is 37.5 Å². The van der Waals surface area contributed by atoms with Crippen molar-refractivity contribution in [3.05, 3.63) is 70.3 Å². The molecule has 0 unspecified atom stereocenters. The SMILES string of the molecule is C/C=C(\C=C/CC1=C\C(=C(N=CN)/C(C)=C/C=C(\CC#N)OC2CCN(C)CC2)CN1)C(=O)NC1COC1. The highest BCUT2D eigenvalue weighted by Gasteiger charge is 2.21. The van der Waals surface area contributed by atoms with Crippen LogP contribution in [-0.2, 0) is 14.3 Å². The molecular weight excluding hydrogens is 480 g/mol. The largest absolute Gasteiger partial charge is 0.494 e. The second-order valence-corrected chi connectivity index (χ2v) is 9.67. The smallest absolute Gasteiger partial charge is 0.251 e. The Balaban J connectivity index is 1.67. The van der Waals surface area contributed by atoms with Gasteiger partial charge in [0.05, 0.1) is 43.8 Å². The first-order valence-corrected chi connectivity index (χ1v) is 13.2. The first-order chi connectivity index (χ1) is 18.4. The second-order valence-electron chi connectivity index (χ2n) is 9.67. The van der Waals surface area contributed by atoms with Crippen LogP contribution >= 0.6 is 0 Å². The Morgan fingerprint density at radius 2 is 2.13 bits per heavy atom. The van der Waals surface area contributed by atoms with E-state index in [1.54, 1.807) is 6.08 Å². The molecule has 4 N–H and O–H groups in total. The molecule has 0 radical (unpaired) electrons. The summed E-state index contributed by atoms with van der Waals surface area (Å²) in [4.78, 5) is 19.1. The molecular formula is C29H40N6O3. The number of amides is 1. The quantitative estimate of drug-likeness (QED) is 0.126. The van der Waals surface area contributed by atoms with E-state index in [9.17, 15) is 10.1 Å². The van der Waals surface area contributed by atoms with Gasteiger partial charge in [-0.25, -0.2) is 4.99 Å². The number of nitrogens with two attached hydrogens (primary N) is 1. The van der Waals surface area contributed by atoms with E-state index in [-0.39, 0.29) is 24.5 Å². The van der Waals surface area contributed by atoms with Gasteiger partial charge in [-0.2, -0.15) is 5.26 Å². The zero-order valence-electron chi connectivity index (χ0n) is 22.7. The zero-order valence-corrected chi connectivity index (χ0v) is 22.7. The molecule has 3 rings (SSSR count). The van der Waals surface area contributed by atoms with Crippen LogP contribution in [0, 0.1) is 11.3 Å². The van der Waals surface area contributed by atoms with Crippen LogP contribution < -0.4 is 16.4 Å². The predicted octanol–water partition coefficient (Wildman–Crippen LogP) is 2.98. The predicted molar refractivity (Wildman–Crippen MR) is 150 cm³/mol. The molecule has 0 spiro atoms. The number of piperidine rings is 1. The summed E-state index contributed by atoms with van der Waals surface area (Å²) in [5.41, 5.74) is 10.0. The van der Waals surface area contributed by atoms with Gasteiger partial charge in [0.25, 0.3) is 5.91 Å². The van der Waals surface area contributed by atoms with Crippen LogP contribution in [0.3, 0.4) is 0 Å². The second kappa shape index (κ2) is 15.0. The Kier molecular flexibility index (Phi) is 11.4. The van der Waals surface area contributed by atoms with Gasteiger partial charge in [-0.3, -0.25) is 4.79 Å². The number of nitriles is 1. The minimum Gasteiger partial charge on any atom is -0.494 e. The highest BCUT2D eigenvalue weighted by Crippen LogP contribution is 2.24. The highest BCUT2D eigenvalue weighted by molar-refractivity contribution is 5.96. The van der Waals surface area contributed by atoms with Crippen LogP contribution in [0.5, 0.6) is 0 Å². The third-order valence-corrected chi connectivity index (χ3v) is 6.67. The molecule has 0 aromatic carbocycles. The lowest BCUT2D eigenvalue weighted by Crippen LogP contribution is -2.48. The van der Waals surface area contributed by atoms with Crippen LogP contribution in [0.1, 0.15) is 39.5 Å². The van der Waals surface area contributed by atoms with E-state index in [1.807, 2.05) is 38.2 Å². The van der Waals surface area contributed by atoms with E-state index >= 15 is 0 Å². The van der Waals surface area contributed by atoms with E-state index < -0.39 is 0 Å². The van der Waals surface area contributed by atoms with E-state index in [2.05, 4.69) is 39.7 Å². The van der Waals surface area contributed by atoms with Crippen LogP contribution in [0.15, 0.2) is 75.3 Å². The third-order valence-electron chi connectivity index (χ3n) is 6.67. The molecule has 0 saturated carbocycles. The average Bonchev–Trinajstić information content (AvgIpc) is 3.35. The van der Waals surface area contributed by atoms with Gasteiger partial charge in [-0.05, 0) is 57.0 Å². The lowest BCUT2D eigenvalue weighted by atomic mass is 10.1. The number of rotatable bonds is 11. The van der Waals surface area contributed by atoms with Crippen molar-refractivity contribution in [2.75, 3.05) is 39.9 Å². The molecule has 9 heteroatoms. The molecule has 0 bridgehead atoms. The van der Waals surface area contributed by atoms with E-state index in [1.165, 1.54) is 6.34 Å². The molecule has 0 aromatic rings. The molecule has 2 fully saturated rings. The van der Waals surface area contributed by atoms with Crippen molar-refractivity contribution < 1.29 is 14.3 Å². The standard InChI is InChI=1S/C29H40N6O3/c1-4-22(29(36)34-25-18-37-19-25)6-5-7-24-16-23(17-32-24)28(33-20-31)21(2)8-9-26(10-13-30)38-27-11-14-35(3)15-12-27/h4-6,8-9,16,20,25,27,32H,7,10-12,14-15,17-19H2,1-3H3,(H2,31,33)(H,34,36)/b6-5-,21-8+,22-4+,26-9+,28-23-. The van der Waals surface area contributed by atoms with Crippen molar-refractivity contribution in [1.29, 1.82) is 5.26 Å². The summed E-state index contributed by atoms with van der Waals surface area (Å²) < 4.78 is 11.3. The lowest BCUT2D eigenvalue weighted by Gasteiger charge is -2.29. The van der Waals surface area contributed by atoms with Crippen molar-refractivity contribution in [3.63, 3.8) is 0 Å². The Morgan fingerprint density at radius 3 is 2.76 bits per heavy atom. The number of nitrogens with zero attached hydrogens (tertiary/aromatic N) is 3. The molecule has 204 valence electrons. The topological polar surface area (TPSA) is 125 Å². The number of allylic oxidation sites excluding steroid dienone is 6. The molecule has 0 aromatic heterocycles. The van der Waals surface area contributed by atoms with Crippen LogP contribution in [0.2, 0.25) is 0 Å². The monoisotopic (exact) mass is 520 g/mol. The maximum absolute atomic E-state index is 12.4. The van der Waals surface area contributed by atoms with E-state index in [0.717, 1.165) is 48.5 Å². The van der Waals surface area contributed by atoms with Crippen molar-refractivity contribution in [2.45, 2.75) is 51.7 Å². The summed E-state index contributed by atoms with van der Waals surface area (Å²) in [6.07, 6.45) is 15.7. The fourth-order valence-electron chi connectivity index (χ4n) is 4.35. The van der Waals surface area contributed by atoms with Crippen LogP contribution in [-0.4, -0.2) is 69.2 Å². The fourth-order valence-corrected chi connectivity index (χ4v) is 4.35. The normalized spacial score (nSPS) is 21.7. The summed E-state index contributed by atoms with van der Waals surface area (Å²) in [5.74, 6) is 0.581. The summed E-state index contributed by atoms with van der Waals surface area (Å²) in [6.45, 7) is 7.59. The minimum absolute atomic E-state index is 0.0880. The van der Waals surface area contributed by atoms with Gasteiger partial charge in [0.1, 0.15) is 11.9 Å². The summed E-state index contributed by atoms with van der Waals surface area (Å²) in [7, 11) is 2.11. The first kappa shape index (κ1) is 29.0. The zero-order chi connectivity index (χ0) is 27.3. The van der Waals surface area contributed by atoms with Crippen LogP contribution in [0.4, 0.5) is 0 Å². The molecule has 3 aliphatic rings. The summed E-state index contributed by atoms with van der Waals surface area (Å²) >= 11 is 0. The third kappa shape index (κ3) is 8.75. The number of hydrogen-bond acceptors (Lipinski definition) is 7. The molecule has 2 saturated heterocycles. The van der Waals surface area contributed by atoms with Gasteiger partial charge < -0.3 is 30.7 Å². The number of carbonyl (C=O) groups is 1. The summed E-state index contributed by atoms with van der Waals surface area (Å²) in [6, 6.07) is 2.30. The van der Waals surface area contributed by atoms with Gasteiger partial charge in [0, 0.05) is 37.3 Å². The number of hydrogen-bond donors (Lipinski definition) is 3. The number of ether oxygens (including phenoxy) is 2.